The summed E-state index contributed by atoms with van der Waals surface area (Å²) in [7, 11) is 0. The molecule has 0 fully saturated rings. The van der Waals surface area contributed by atoms with Crippen LogP contribution in [0, 0.1) is 18.4 Å². The molecule has 1 aromatic heterocycles. The van der Waals surface area contributed by atoms with Gasteiger partial charge in [0, 0.05) is 37.4 Å². The molecule has 0 aliphatic carbocycles. The molecule has 2 aromatic carbocycles. The van der Waals surface area contributed by atoms with Crippen LogP contribution in [0.25, 0.3) is 10.8 Å². The van der Waals surface area contributed by atoms with Gasteiger partial charge < -0.3 is 10.6 Å². The molecule has 0 radical (unpaired) electrons. The number of guanidine groups is 1. The summed E-state index contributed by atoms with van der Waals surface area (Å²) < 4.78 is 0. The first kappa shape index (κ1) is 18.4. The Balaban J connectivity index is 1.92. The molecule has 1 heterocycles. The van der Waals surface area contributed by atoms with Crippen molar-refractivity contribution in [2.75, 3.05) is 13.1 Å². The summed E-state index contributed by atoms with van der Waals surface area (Å²) >= 11 is 0. The lowest BCUT2D eigenvalue weighted by atomic mass is 10.1. The first-order valence-corrected chi connectivity index (χ1v) is 8.78. The molecule has 0 bridgehead atoms. The lowest BCUT2D eigenvalue weighted by molar-refractivity contribution is 0.412. The normalized spacial score (nSPS) is 11.2. The predicted octanol–water partition coefficient (Wildman–Crippen LogP) is 3.06. The number of aryl methyl sites for hydroxylation is 1. The second-order valence-corrected chi connectivity index (χ2v) is 6.28. The van der Waals surface area contributed by atoms with Gasteiger partial charge in [-0.1, -0.05) is 35.9 Å². The van der Waals surface area contributed by atoms with Gasteiger partial charge in [-0.15, -0.1) is 0 Å². The van der Waals surface area contributed by atoms with Crippen molar-refractivity contribution in [3.8, 4) is 6.19 Å². The maximum absolute atomic E-state index is 9.20. The van der Waals surface area contributed by atoms with E-state index >= 15 is 0 Å². The lowest BCUT2D eigenvalue weighted by Crippen LogP contribution is -2.41. The van der Waals surface area contributed by atoms with Crippen molar-refractivity contribution in [2.24, 2.45) is 10.7 Å². The molecule has 0 aliphatic heterocycles. The van der Waals surface area contributed by atoms with E-state index in [4.69, 9.17) is 5.73 Å². The standard InChI is InChI=1S/C21H22N6/c1-16-2-4-17(5-3-16)14-27(11-9-22)21(25-15-23)26-20-7-6-19-13-24-10-8-18(19)12-20/h2-8,10,12-13H,9,11,14,22H2,1H3,(H,25,26). The SMILES string of the molecule is Cc1ccc(CN(CCN)C(=Nc2ccc3cnccc3c2)NC#N)cc1. The number of fused-ring (bicyclic) bond motifs is 1. The molecule has 136 valence electrons. The van der Waals surface area contributed by atoms with E-state index in [1.165, 1.54) is 5.56 Å². The first-order valence-electron chi connectivity index (χ1n) is 8.78. The topological polar surface area (TPSA) is 90.3 Å². The number of nitrogens with two attached hydrogens (primary N) is 1. The largest absolute Gasteiger partial charge is 0.336 e. The summed E-state index contributed by atoms with van der Waals surface area (Å²) in [5.74, 6) is 0.483. The van der Waals surface area contributed by atoms with Crippen molar-refractivity contribution >= 4 is 22.4 Å². The van der Waals surface area contributed by atoms with Crippen molar-refractivity contribution in [2.45, 2.75) is 13.5 Å². The third kappa shape index (κ3) is 4.81. The number of nitrogens with one attached hydrogen (secondary N) is 1. The Kier molecular flexibility index (Phi) is 5.98. The number of benzene rings is 2. The number of nitrogens with zero attached hydrogens (tertiary/aromatic N) is 4. The van der Waals surface area contributed by atoms with E-state index in [0.717, 1.165) is 22.0 Å². The predicted molar refractivity (Wildman–Crippen MR) is 108 cm³/mol. The van der Waals surface area contributed by atoms with Crippen LogP contribution in [0.15, 0.2) is 65.9 Å². The fourth-order valence-corrected chi connectivity index (χ4v) is 2.82. The average molecular weight is 358 g/mol. The average Bonchev–Trinajstić information content (AvgIpc) is 2.69. The van der Waals surface area contributed by atoms with Gasteiger partial charge in [0.1, 0.15) is 0 Å². The monoisotopic (exact) mass is 358 g/mol. The maximum atomic E-state index is 9.20. The summed E-state index contributed by atoms with van der Waals surface area (Å²) in [6.07, 6.45) is 5.55. The van der Waals surface area contributed by atoms with Crippen LogP contribution in [0.5, 0.6) is 0 Å². The Labute approximate surface area is 159 Å². The zero-order chi connectivity index (χ0) is 19.1. The van der Waals surface area contributed by atoms with Gasteiger partial charge >= 0.3 is 0 Å². The Morgan fingerprint density at radius 2 is 2.00 bits per heavy atom. The molecule has 0 aliphatic rings. The van der Waals surface area contributed by atoms with Crippen molar-refractivity contribution in [1.29, 1.82) is 5.26 Å². The molecule has 27 heavy (non-hydrogen) atoms. The molecular weight excluding hydrogens is 336 g/mol. The molecule has 6 heteroatoms. The van der Waals surface area contributed by atoms with Gasteiger partial charge in [-0.25, -0.2) is 4.99 Å². The molecule has 3 N–H and O–H groups in total. The number of hydrogen-bond acceptors (Lipinski definition) is 4. The van der Waals surface area contributed by atoms with E-state index in [1.807, 2.05) is 41.6 Å². The Hall–Kier alpha value is -3.43. The van der Waals surface area contributed by atoms with E-state index in [2.05, 4.69) is 46.5 Å². The van der Waals surface area contributed by atoms with Gasteiger partial charge in [0.2, 0.25) is 5.96 Å². The molecule has 0 saturated carbocycles. The summed E-state index contributed by atoms with van der Waals surface area (Å²) in [6, 6.07) is 16.1. The van der Waals surface area contributed by atoms with E-state index in [1.54, 1.807) is 6.20 Å². The summed E-state index contributed by atoms with van der Waals surface area (Å²) in [6.45, 7) is 3.71. The van der Waals surface area contributed by atoms with Crippen molar-refractivity contribution < 1.29 is 0 Å². The summed E-state index contributed by atoms with van der Waals surface area (Å²) in [4.78, 5) is 10.8. The van der Waals surface area contributed by atoms with Crippen LogP contribution in [-0.4, -0.2) is 28.9 Å². The number of rotatable bonds is 5. The first-order chi connectivity index (χ1) is 13.2. The molecule has 6 nitrogen and oxygen atoms in total. The van der Waals surface area contributed by atoms with E-state index in [-0.39, 0.29) is 0 Å². The van der Waals surface area contributed by atoms with E-state index < -0.39 is 0 Å². The highest BCUT2D eigenvalue weighted by Crippen LogP contribution is 2.21. The van der Waals surface area contributed by atoms with Crippen LogP contribution in [0.2, 0.25) is 0 Å². The molecule has 0 saturated heterocycles. The van der Waals surface area contributed by atoms with Gasteiger partial charge in [-0.05, 0) is 36.1 Å². The molecule has 3 aromatic rings. The van der Waals surface area contributed by atoms with E-state index in [9.17, 15) is 5.26 Å². The minimum atomic E-state index is 0.460. The smallest absolute Gasteiger partial charge is 0.212 e. The second kappa shape index (κ2) is 8.79. The Morgan fingerprint density at radius 3 is 2.74 bits per heavy atom. The molecule has 0 amide bonds. The number of pyridine rings is 1. The maximum Gasteiger partial charge on any atom is 0.212 e. The highest BCUT2D eigenvalue weighted by Gasteiger charge is 2.12. The van der Waals surface area contributed by atoms with Crippen LogP contribution < -0.4 is 11.1 Å². The van der Waals surface area contributed by atoms with Crippen molar-refractivity contribution in [3.63, 3.8) is 0 Å². The zero-order valence-electron chi connectivity index (χ0n) is 15.3. The van der Waals surface area contributed by atoms with Gasteiger partial charge in [-0.2, -0.15) is 5.26 Å². The highest BCUT2D eigenvalue weighted by atomic mass is 15.3. The van der Waals surface area contributed by atoms with Crippen LogP contribution in [0.1, 0.15) is 11.1 Å². The van der Waals surface area contributed by atoms with Gasteiger partial charge in [0.15, 0.2) is 6.19 Å². The number of nitriles is 1. The third-order valence-electron chi connectivity index (χ3n) is 4.22. The fourth-order valence-electron chi connectivity index (χ4n) is 2.82. The molecule has 0 unspecified atom stereocenters. The summed E-state index contributed by atoms with van der Waals surface area (Å²) in [5, 5.41) is 14.0. The van der Waals surface area contributed by atoms with E-state index in [0.29, 0.717) is 25.6 Å². The number of aliphatic imine (C=N–C) groups is 1. The van der Waals surface area contributed by atoms with Crippen molar-refractivity contribution in [1.82, 2.24) is 15.2 Å². The molecule has 0 atom stereocenters. The minimum Gasteiger partial charge on any atom is -0.336 e. The lowest BCUT2D eigenvalue weighted by Gasteiger charge is -2.24. The van der Waals surface area contributed by atoms with Crippen LogP contribution in [-0.2, 0) is 6.54 Å². The third-order valence-corrected chi connectivity index (χ3v) is 4.22. The van der Waals surface area contributed by atoms with Gasteiger partial charge in [-0.3, -0.25) is 10.3 Å². The van der Waals surface area contributed by atoms with Gasteiger partial charge in [0.05, 0.1) is 5.69 Å². The number of hydrogen-bond donors (Lipinski definition) is 2. The van der Waals surface area contributed by atoms with Crippen LogP contribution in [0.3, 0.4) is 0 Å². The second-order valence-electron chi connectivity index (χ2n) is 6.28. The zero-order valence-corrected chi connectivity index (χ0v) is 15.3. The fraction of sp³-hybridized carbons (Fsp3) is 0.190. The van der Waals surface area contributed by atoms with Crippen molar-refractivity contribution in [3.05, 3.63) is 72.1 Å². The van der Waals surface area contributed by atoms with Crippen LogP contribution >= 0.6 is 0 Å². The molecular formula is C21H22N6. The molecule has 0 spiro atoms. The Bertz CT molecular complexity index is 972. The quantitative estimate of drug-likeness (QED) is 0.317. The minimum absolute atomic E-state index is 0.460. The van der Waals surface area contributed by atoms with Crippen LogP contribution in [0.4, 0.5) is 5.69 Å². The Morgan fingerprint density at radius 1 is 1.19 bits per heavy atom. The number of aromatic nitrogens is 1. The van der Waals surface area contributed by atoms with Gasteiger partial charge in [0.25, 0.3) is 0 Å². The summed E-state index contributed by atoms with van der Waals surface area (Å²) in [5.41, 5.74) is 8.89. The highest BCUT2D eigenvalue weighted by molar-refractivity contribution is 5.88. The molecule has 3 rings (SSSR count).